The maximum absolute atomic E-state index is 5.37. The largest absolute Gasteiger partial charge is 0.497 e. The lowest BCUT2D eigenvalue weighted by Gasteiger charge is -2.20. The smallest absolute Gasteiger partial charge is 0.119 e. The fourth-order valence-corrected chi connectivity index (χ4v) is 3.09. The molecule has 0 fully saturated rings. The van der Waals surface area contributed by atoms with E-state index in [0.717, 1.165) is 12.2 Å². The highest BCUT2D eigenvalue weighted by atomic mass is 16.5. The fraction of sp³-hybridized carbons (Fsp3) is 0.294. The highest BCUT2D eigenvalue weighted by molar-refractivity contribution is 5.48. The highest BCUT2D eigenvalue weighted by Crippen LogP contribution is 2.39. The number of ether oxygens (including phenoxy) is 1. The van der Waals surface area contributed by atoms with E-state index in [1.54, 1.807) is 7.11 Å². The van der Waals surface area contributed by atoms with Gasteiger partial charge in [-0.2, -0.15) is 0 Å². The number of methoxy groups -OCH3 is 1. The molecule has 2 atom stereocenters. The predicted octanol–water partition coefficient (Wildman–Crippen LogP) is 2.97. The summed E-state index contributed by atoms with van der Waals surface area (Å²) in [5.41, 5.74) is 4.19. The van der Waals surface area contributed by atoms with E-state index >= 15 is 0 Å². The Morgan fingerprint density at radius 2 is 1.89 bits per heavy atom. The lowest BCUT2D eigenvalue weighted by Crippen LogP contribution is -2.29. The molecule has 0 saturated heterocycles. The van der Waals surface area contributed by atoms with Gasteiger partial charge in [-0.1, -0.05) is 36.4 Å². The van der Waals surface area contributed by atoms with Gasteiger partial charge < -0.3 is 10.1 Å². The predicted molar refractivity (Wildman–Crippen MR) is 77.8 cm³/mol. The van der Waals surface area contributed by atoms with Crippen LogP contribution in [-0.2, 0) is 6.42 Å². The van der Waals surface area contributed by atoms with Gasteiger partial charge in [0, 0.05) is 12.0 Å². The second-order valence-electron chi connectivity index (χ2n) is 5.05. The molecule has 3 rings (SSSR count). The van der Waals surface area contributed by atoms with Crippen molar-refractivity contribution in [3.05, 3.63) is 65.2 Å². The molecule has 0 heterocycles. The summed E-state index contributed by atoms with van der Waals surface area (Å²) in [6.07, 6.45) is 1.08. The normalized spacial score (nSPS) is 21.2. The van der Waals surface area contributed by atoms with Crippen LogP contribution in [0.4, 0.5) is 0 Å². The van der Waals surface area contributed by atoms with E-state index < -0.39 is 0 Å². The van der Waals surface area contributed by atoms with Gasteiger partial charge in [0.15, 0.2) is 0 Å². The highest BCUT2D eigenvalue weighted by Gasteiger charge is 2.32. The summed E-state index contributed by atoms with van der Waals surface area (Å²) in [6.45, 7) is 0. The Morgan fingerprint density at radius 3 is 2.58 bits per heavy atom. The molecule has 0 amide bonds. The Balaban J connectivity index is 2.08. The number of hydrogen-bond donors (Lipinski definition) is 1. The summed E-state index contributed by atoms with van der Waals surface area (Å²) in [4.78, 5) is 0. The van der Waals surface area contributed by atoms with E-state index in [9.17, 15) is 0 Å². The molecule has 0 spiro atoms. The van der Waals surface area contributed by atoms with Crippen molar-refractivity contribution >= 4 is 0 Å². The van der Waals surface area contributed by atoms with Crippen molar-refractivity contribution in [1.29, 1.82) is 0 Å². The molecule has 1 aliphatic carbocycles. The van der Waals surface area contributed by atoms with E-state index in [2.05, 4.69) is 53.8 Å². The first-order valence-corrected chi connectivity index (χ1v) is 6.72. The molecular weight excluding hydrogens is 234 g/mol. The first-order valence-electron chi connectivity index (χ1n) is 6.72. The van der Waals surface area contributed by atoms with Gasteiger partial charge in [0.25, 0.3) is 0 Å². The SMILES string of the molecule is CN[C@@H]1Cc2ccc(OC)cc2[C@H]1c1ccccc1. The molecule has 19 heavy (non-hydrogen) atoms. The number of nitrogens with one attached hydrogen (secondary N) is 1. The van der Waals surface area contributed by atoms with E-state index in [1.165, 1.54) is 16.7 Å². The maximum atomic E-state index is 5.37. The molecule has 2 aromatic rings. The van der Waals surface area contributed by atoms with Crippen LogP contribution < -0.4 is 10.1 Å². The second kappa shape index (κ2) is 5.06. The number of likely N-dealkylation sites (N-methyl/N-ethyl adjacent to an activating group) is 1. The quantitative estimate of drug-likeness (QED) is 0.908. The molecule has 1 aliphatic rings. The number of hydrogen-bond acceptors (Lipinski definition) is 2. The van der Waals surface area contributed by atoms with Crippen LogP contribution in [0.2, 0.25) is 0 Å². The molecule has 0 aromatic heterocycles. The average Bonchev–Trinajstić information content (AvgIpc) is 2.85. The van der Waals surface area contributed by atoms with Crippen molar-refractivity contribution in [3.63, 3.8) is 0 Å². The first-order chi connectivity index (χ1) is 9.33. The van der Waals surface area contributed by atoms with Crippen LogP contribution in [0.5, 0.6) is 5.75 Å². The topological polar surface area (TPSA) is 21.3 Å². The zero-order valence-electron chi connectivity index (χ0n) is 11.4. The van der Waals surface area contributed by atoms with Crippen LogP contribution >= 0.6 is 0 Å². The fourth-order valence-electron chi connectivity index (χ4n) is 3.09. The molecule has 0 aliphatic heterocycles. The average molecular weight is 253 g/mol. The number of fused-ring (bicyclic) bond motifs is 1. The molecule has 2 heteroatoms. The molecule has 2 nitrogen and oxygen atoms in total. The third kappa shape index (κ3) is 2.13. The molecular formula is C17H19NO. The van der Waals surface area contributed by atoms with Gasteiger partial charge in [-0.25, -0.2) is 0 Å². The number of benzene rings is 2. The summed E-state index contributed by atoms with van der Waals surface area (Å²) in [5.74, 6) is 1.35. The lowest BCUT2D eigenvalue weighted by molar-refractivity contribution is 0.414. The van der Waals surface area contributed by atoms with Gasteiger partial charge >= 0.3 is 0 Å². The third-order valence-corrected chi connectivity index (χ3v) is 4.06. The Kier molecular flexibility index (Phi) is 3.26. The van der Waals surface area contributed by atoms with Crippen LogP contribution in [0.1, 0.15) is 22.6 Å². The minimum absolute atomic E-state index is 0.413. The second-order valence-corrected chi connectivity index (χ2v) is 5.05. The minimum Gasteiger partial charge on any atom is -0.497 e. The van der Waals surface area contributed by atoms with Gasteiger partial charge in [0.1, 0.15) is 5.75 Å². The maximum Gasteiger partial charge on any atom is 0.119 e. The summed E-state index contributed by atoms with van der Waals surface area (Å²) >= 11 is 0. The van der Waals surface area contributed by atoms with Gasteiger partial charge in [-0.05, 0) is 42.3 Å². The first kappa shape index (κ1) is 12.2. The van der Waals surface area contributed by atoms with E-state index in [4.69, 9.17) is 4.74 Å². The Bertz CT molecular complexity index is 565. The van der Waals surface area contributed by atoms with Gasteiger partial charge in [-0.15, -0.1) is 0 Å². The van der Waals surface area contributed by atoms with Crippen LogP contribution in [0.15, 0.2) is 48.5 Å². The van der Waals surface area contributed by atoms with Crippen LogP contribution in [0, 0.1) is 0 Å². The van der Waals surface area contributed by atoms with Crippen LogP contribution in [-0.4, -0.2) is 20.2 Å². The van der Waals surface area contributed by atoms with Crippen molar-refractivity contribution in [2.45, 2.75) is 18.4 Å². The van der Waals surface area contributed by atoms with E-state index in [0.29, 0.717) is 12.0 Å². The Morgan fingerprint density at radius 1 is 1.11 bits per heavy atom. The van der Waals surface area contributed by atoms with Gasteiger partial charge in [0.2, 0.25) is 0 Å². The molecule has 0 saturated carbocycles. The summed E-state index contributed by atoms with van der Waals surface area (Å²) in [7, 11) is 3.77. The summed E-state index contributed by atoms with van der Waals surface area (Å²) in [6, 6.07) is 17.6. The molecule has 1 N–H and O–H groups in total. The minimum atomic E-state index is 0.413. The molecule has 0 bridgehead atoms. The molecule has 0 radical (unpaired) electrons. The van der Waals surface area contributed by atoms with Crippen molar-refractivity contribution in [2.75, 3.05) is 14.2 Å². The Labute approximate surface area is 114 Å². The molecule has 0 unspecified atom stereocenters. The van der Waals surface area contributed by atoms with Crippen molar-refractivity contribution in [1.82, 2.24) is 5.32 Å². The standard InChI is InChI=1S/C17H19NO/c1-18-16-10-13-8-9-14(19-2)11-15(13)17(16)12-6-4-3-5-7-12/h3-9,11,16-18H,10H2,1-2H3/t16-,17-/m1/s1. The number of rotatable bonds is 3. The Hall–Kier alpha value is -1.80. The van der Waals surface area contributed by atoms with Crippen molar-refractivity contribution in [2.24, 2.45) is 0 Å². The van der Waals surface area contributed by atoms with Crippen molar-refractivity contribution < 1.29 is 4.74 Å². The zero-order chi connectivity index (χ0) is 13.2. The lowest BCUT2D eigenvalue weighted by atomic mass is 9.90. The van der Waals surface area contributed by atoms with Gasteiger partial charge in [-0.3, -0.25) is 0 Å². The van der Waals surface area contributed by atoms with E-state index in [-0.39, 0.29) is 0 Å². The summed E-state index contributed by atoms with van der Waals surface area (Å²) in [5, 5.41) is 3.46. The summed E-state index contributed by atoms with van der Waals surface area (Å²) < 4.78 is 5.37. The molecule has 98 valence electrons. The van der Waals surface area contributed by atoms with Crippen LogP contribution in [0.3, 0.4) is 0 Å². The third-order valence-electron chi connectivity index (χ3n) is 4.06. The van der Waals surface area contributed by atoms with Crippen LogP contribution in [0.25, 0.3) is 0 Å². The monoisotopic (exact) mass is 253 g/mol. The zero-order valence-corrected chi connectivity index (χ0v) is 11.4. The van der Waals surface area contributed by atoms with E-state index in [1.807, 2.05) is 7.05 Å². The molecule has 2 aromatic carbocycles. The van der Waals surface area contributed by atoms with Crippen molar-refractivity contribution in [3.8, 4) is 5.75 Å². The van der Waals surface area contributed by atoms with Gasteiger partial charge in [0.05, 0.1) is 7.11 Å².